The second-order valence-corrected chi connectivity index (χ2v) is 2.62. The van der Waals surface area contributed by atoms with Crippen LogP contribution in [-0.4, -0.2) is 28.4 Å². The Kier molecular flexibility index (Phi) is 3.40. The smallest absolute Gasteiger partial charge is 0.219 e. The molecule has 0 aliphatic carbocycles. The summed E-state index contributed by atoms with van der Waals surface area (Å²) >= 11 is 0. The Morgan fingerprint density at radius 1 is 1.57 bits per heavy atom. The highest BCUT2D eigenvalue weighted by atomic mass is 16.5. The summed E-state index contributed by atoms with van der Waals surface area (Å²) in [4.78, 5) is 3.83. The zero-order chi connectivity index (χ0) is 10.6. The Bertz CT molecular complexity index is 348. The van der Waals surface area contributed by atoms with E-state index < -0.39 is 12.2 Å². The predicted octanol–water partition coefficient (Wildman–Crippen LogP) is 0.00808. The summed E-state index contributed by atoms with van der Waals surface area (Å²) in [5.41, 5.74) is 0.295. The van der Waals surface area contributed by atoms with E-state index in [1.54, 1.807) is 6.07 Å². The summed E-state index contributed by atoms with van der Waals surface area (Å²) in [5.74, 6) is 0.203. The number of hydrogen-bond donors (Lipinski definition) is 2. The molecule has 74 valence electrons. The van der Waals surface area contributed by atoms with E-state index in [0.717, 1.165) is 0 Å². The van der Waals surface area contributed by atoms with Crippen LogP contribution in [0.25, 0.3) is 0 Å². The SMILES string of the molecule is COc1ncccc1C(O)C(O)C#N. The molecule has 1 aromatic rings. The molecule has 0 bridgehead atoms. The van der Waals surface area contributed by atoms with Gasteiger partial charge in [-0.05, 0) is 12.1 Å². The molecule has 0 aliphatic rings. The van der Waals surface area contributed by atoms with E-state index in [-0.39, 0.29) is 5.88 Å². The lowest BCUT2D eigenvalue weighted by molar-refractivity contribution is 0.0506. The molecule has 2 atom stereocenters. The van der Waals surface area contributed by atoms with Crippen LogP contribution in [0.3, 0.4) is 0 Å². The molecule has 1 heterocycles. The zero-order valence-corrected chi connectivity index (χ0v) is 7.58. The quantitative estimate of drug-likeness (QED) is 0.662. The lowest BCUT2D eigenvalue weighted by Crippen LogP contribution is -2.16. The Hall–Kier alpha value is -1.64. The van der Waals surface area contributed by atoms with Crippen molar-refractivity contribution in [1.82, 2.24) is 4.98 Å². The molecule has 5 nitrogen and oxygen atoms in total. The van der Waals surface area contributed by atoms with Crippen molar-refractivity contribution in [2.24, 2.45) is 0 Å². The lowest BCUT2D eigenvalue weighted by atomic mass is 10.1. The first-order valence-corrected chi connectivity index (χ1v) is 3.95. The third-order valence-corrected chi connectivity index (χ3v) is 1.74. The van der Waals surface area contributed by atoms with Crippen LogP contribution in [0.1, 0.15) is 11.7 Å². The Morgan fingerprint density at radius 3 is 2.86 bits per heavy atom. The standard InChI is InChI=1S/C9H10N2O3/c1-14-9-6(3-2-4-11-9)8(13)7(12)5-10/h2-4,7-8,12-13H,1H3. The van der Waals surface area contributed by atoms with Crippen molar-refractivity contribution in [2.75, 3.05) is 7.11 Å². The minimum absolute atomic E-state index is 0.203. The average Bonchev–Trinajstić information content (AvgIpc) is 2.26. The first-order chi connectivity index (χ1) is 6.70. The molecule has 2 N–H and O–H groups in total. The maximum Gasteiger partial charge on any atom is 0.219 e. The van der Waals surface area contributed by atoms with Crippen molar-refractivity contribution < 1.29 is 14.9 Å². The number of methoxy groups -OCH3 is 1. The highest BCUT2D eigenvalue weighted by Crippen LogP contribution is 2.24. The summed E-state index contributed by atoms with van der Waals surface area (Å²) in [5, 5.41) is 27.0. The second-order valence-electron chi connectivity index (χ2n) is 2.62. The molecule has 0 radical (unpaired) electrons. The molecule has 0 amide bonds. The molecule has 2 unspecified atom stereocenters. The normalized spacial score (nSPS) is 14.1. The van der Waals surface area contributed by atoms with Gasteiger partial charge in [-0.2, -0.15) is 5.26 Å². The maximum absolute atomic E-state index is 9.51. The minimum atomic E-state index is -1.48. The van der Waals surface area contributed by atoms with Gasteiger partial charge in [0.2, 0.25) is 5.88 Å². The Morgan fingerprint density at radius 2 is 2.29 bits per heavy atom. The van der Waals surface area contributed by atoms with Crippen LogP contribution < -0.4 is 4.74 Å². The number of nitrogens with zero attached hydrogens (tertiary/aromatic N) is 2. The molecule has 0 spiro atoms. The number of ether oxygens (including phenoxy) is 1. The second kappa shape index (κ2) is 4.56. The summed E-state index contributed by atoms with van der Waals surface area (Å²) in [7, 11) is 1.40. The molecular formula is C9H10N2O3. The number of aliphatic hydroxyl groups excluding tert-OH is 2. The summed E-state index contributed by atoms with van der Waals surface area (Å²) in [6, 6.07) is 4.66. The number of aliphatic hydroxyl groups is 2. The summed E-state index contributed by atoms with van der Waals surface area (Å²) in [6.45, 7) is 0. The van der Waals surface area contributed by atoms with Gasteiger partial charge in [-0.1, -0.05) is 0 Å². The van der Waals surface area contributed by atoms with Gasteiger partial charge in [0.25, 0.3) is 0 Å². The first-order valence-electron chi connectivity index (χ1n) is 3.95. The van der Waals surface area contributed by atoms with Gasteiger partial charge in [-0.25, -0.2) is 4.98 Å². The molecule has 1 aromatic heterocycles. The van der Waals surface area contributed by atoms with Crippen molar-refractivity contribution in [3.05, 3.63) is 23.9 Å². The zero-order valence-electron chi connectivity index (χ0n) is 7.58. The number of rotatable bonds is 3. The van der Waals surface area contributed by atoms with Crippen LogP contribution in [0.4, 0.5) is 0 Å². The predicted molar refractivity (Wildman–Crippen MR) is 47.4 cm³/mol. The number of aromatic nitrogens is 1. The fourth-order valence-electron chi connectivity index (χ4n) is 1.04. The number of pyridine rings is 1. The lowest BCUT2D eigenvalue weighted by Gasteiger charge is -2.13. The summed E-state index contributed by atoms with van der Waals surface area (Å²) < 4.78 is 4.87. The van der Waals surface area contributed by atoms with Gasteiger partial charge in [0.05, 0.1) is 13.2 Å². The molecular weight excluding hydrogens is 184 g/mol. The topological polar surface area (TPSA) is 86.4 Å². The van der Waals surface area contributed by atoms with Crippen molar-refractivity contribution in [2.45, 2.75) is 12.2 Å². The molecule has 0 fully saturated rings. The molecule has 0 aromatic carbocycles. The number of hydrogen-bond acceptors (Lipinski definition) is 5. The molecule has 1 rings (SSSR count). The monoisotopic (exact) mass is 194 g/mol. The van der Waals surface area contributed by atoms with E-state index in [9.17, 15) is 5.11 Å². The van der Waals surface area contributed by atoms with Crippen LogP contribution in [-0.2, 0) is 0 Å². The Labute approximate surface area is 81.2 Å². The van der Waals surface area contributed by atoms with Crippen molar-refractivity contribution >= 4 is 0 Å². The van der Waals surface area contributed by atoms with E-state index in [4.69, 9.17) is 15.1 Å². The fraction of sp³-hybridized carbons (Fsp3) is 0.333. The van der Waals surface area contributed by atoms with E-state index in [1.807, 2.05) is 0 Å². The fourth-order valence-corrected chi connectivity index (χ4v) is 1.04. The van der Waals surface area contributed by atoms with Crippen LogP contribution >= 0.6 is 0 Å². The van der Waals surface area contributed by atoms with Crippen LogP contribution in [0.15, 0.2) is 18.3 Å². The maximum atomic E-state index is 9.51. The van der Waals surface area contributed by atoms with Crippen molar-refractivity contribution in [3.8, 4) is 11.9 Å². The Balaban J connectivity index is 3.00. The van der Waals surface area contributed by atoms with Gasteiger partial charge < -0.3 is 14.9 Å². The van der Waals surface area contributed by atoms with Crippen LogP contribution in [0, 0.1) is 11.3 Å². The van der Waals surface area contributed by atoms with Gasteiger partial charge in [0.1, 0.15) is 6.10 Å². The summed E-state index contributed by atoms with van der Waals surface area (Å²) in [6.07, 6.45) is -1.29. The van der Waals surface area contributed by atoms with E-state index >= 15 is 0 Å². The molecule has 5 heteroatoms. The highest BCUT2D eigenvalue weighted by Gasteiger charge is 2.21. The van der Waals surface area contributed by atoms with Gasteiger partial charge >= 0.3 is 0 Å². The third kappa shape index (κ3) is 1.99. The van der Waals surface area contributed by atoms with Gasteiger partial charge in [-0.3, -0.25) is 0 Å². The van der Waals surface area contributed by atoms with Crippen molar-refractivity contribution in [1.29, 1.82) is 5.26 Å². The molecule has 0 saturated carbocycles. The number of nitriles is 1. The average molecular weight is 194 g/mol. The van der Waals surface area contributed by atoms with Gasteiger partial charge in [0, 0.05) is 11.8 Å². The van der Waals surface area contributed by atoms with Crippen LogP contribution in [0.2, 0.25) is 0 Å². The van der Waals surface area contributed by atoms with Gasteiger partial charge in [-0.15, -0.1) is 0 Å². The van der Waals surface area contributed by atoms with E-state index in [0.29, 0.717) is 5.56 Å². The minimum Gasteiger partial charge on any atom is -0.481 e. The van der Waals surface area contributed by atoms with Gasteiger partial charge in [0.15, 0.2) is 6.10 Å². The highest BCUT2D eigenvalue weighted by molar-refractivity contribution is 5.29. The first kappa shape index (κ1) is 10.4. The molecule has 14 heavy (non-hydrogen) atoms. The van der Waals surface area contributed by atoms with E-state index in [2.05, 4.69) is 4.98 Å². The van der Waals surface area contributed by atoms with E-state index in [1.165, 1.54) is 25.4 Å². The molecule has 0 aliphatic heterocycles. The van der Waals surface area contributed by atoms with Crippen molar-refractivity contribution in [3.63, 3.8) is 0 Å². The largest absolute Gasteiger partial charge is 0.481 e. The van der Waals surface area contributed by atoms with Crippen LogP contribution in [0.5, 0.6) is 5.88 Å². The molecule has 0 saturated heterocycles. The third-order valence-electron chi connectivity index (χ3n) is 1.74.